The molecule has 0 aliphatic carbocycles. The summed E-state index contributed by atoms with van der Waals surface area (Å²) in [7, 11) is 0. The maximum Gasteiger partial charge on any atom is 0.326 e. The van der Waals surface area contributed by atoms with Gasteiger partial charge in [-0.25, -0.2) is 9.78 Å². The van der Waals surface area contributed by atoms with Crippen LogP contribution in [0.5, 0.6) is 0 Å². The summed E-state index contributed by atoms with van der Waals surface area (Å²) in [4.78, 5) is 68.4. The number of unbranched alkanes of at least 4 members (excludes halogenated alkanes) is 1. The number of carboxylic acid groups (broad SMARTS) is 2. The van der Waals surface area contributed by atoms with Gasteiger partial charge in [0.2, 0.25) is 17.7 Å². The number of imidazole rings is 1. The molecule has 14 nitrogen and oxygen atoms in total. The highest BCUT2D eigenvalue weighted by atomic mass is 16.4. The summed E-state index contributed by atoms with van der Waals surface area (Å²) in [5.41, 5.74) is 12.9. The Bertz CT molecular complexity index is 1100. The Morgan fingerprint density at radius 3 is 2.10 bits per heavy atom. The first-order valence-corrected chi connectivity index (χ1v) is 12.4. The van der Waals surface area contributed by atoms with Crippen LogP contribution in [0.3, 0.4) is 0 Å². The van der Waals surface area contributed by atoms with E-state index >= 15 is 0 Å². The number of aromatic amines is 1. The molecule has 39 heavy (non-hydrogen) atoms. The molecule has 212 valence electrons. The molecule has 0 saturated heterocycles. The number of rotatable bonds is 17. The molecule has 0 bridgehead atoms. The molecular weight excluding hydrogens is 510 g/mol. The summed E-state index contributed by atoms with van der Waals surface area (Å²) < 4.78 is 0. The average molecular weight is 546 g/mol. The SMILES string of the molecule is NCCCCC(NC(=O)C(Cc1ccccc1)NC(=O)C(N)Cc1cnc[nH]1)C(=O)NC(CC(=O)O)C(=O)O. The molecule has 10 N–H and O–H groups in total. The molecule has 0 radical (unpaired) electrons. The Morgan fingerprint density at radius 2 is 1.51 bits per heavy atom. The third-order valence-electron chi connectivity index (χ3n) is 5.82. The largest absolute Gasteiger partial charge is 0.481 e. The van der Waals surface area contributed by atoms with Crippen LogP contribution in [0, 0.1) is 0 Å². The lowest BCUT2D eigenvalue weighted by atomic mass is 10.0. The number of carboxylic acids is 2. The van der Waals surface area contributed by atoms with E-state index in [4.69, 9.17) is 16.6 Å². The van der Waals surface area contributed by atoms with E-state index in [1.165, 1.54) is 12.5 Å². The average Bonchev–Trinajstić information content (AvgIpc) is 3.40. The number of benzene rings is 1. The second kappa shape index (κ2) is 15.8. The minimum absolute atomic E-state index is 0.0864. The number of nitrogens with two attached hydrogens (primary N) is 2. The van der Waals surface area contributed by atoms with Crippen molar-refractivity contribution in [2.24, 2.45) is 11.5 Å². The number of nitrogens with zero attached hydrogens (tertiary/aromatic N) is 1. The van der Waals surface area contributed by atoms with Gasteiger partial charge < -0.3 is 42.6 Å². The Kier molecular flexibility index (Phi) is 12.6. The van der Waals surface area contributed by atoms with Gasteiger partial charge in [-0.15, -0.1) is 0 Å². The number of carbonyl (C=O) groups excluding carboxylic acids is 3. The van der Waals surface area contributed by atoms with Crippen LogP contribution in [0.4, 0.5) is 0 Å². The Balaban J connectivity index is 2.20. The number of amides is 3. The van der Waals surface area contributed by atoms with Crippen molar-refractivity contribution in [1.29, 1.82) is 0 Å². The number of carbonyl (C=O) groups is 5. The summed E-state index contributed by atoms with van der Waals surface area (Å²) in [5, 5.41) is 25.7. The standard InChI is InChI=1S/C25H35N7O7/c26-9-5-4-8-18(23(36)32-20(25(38)39)12-21(33)34)30-24(37)19(10-15-6-2-1-3-7-15)31-22(35)17(27)11-16-13-28-14-29-16/h1-3,6-7,13-14,17-20H,4-5,8-12,26-27H2,(H,28,29)(H,30,37)(H,31,35)(H,32,36)(H,33,34)(H,38,39). The van der Waals surface area contributed by atoms with Crippen LogP contribution < -0.4 is 27.4 Å². The molecule has 1 heterocycles. The zero-order valence-electron chi connectivity index (χ0n) is 21.3. The zero-order chi connectivity index (χ0) is 28.8. The summed E-state index contributed by atoms with van der Waals surface area (Å²) in [6, 6.07) is 3.88. The molecule has 0 fully saturated rings. The van der Waals surface area contributed by atoms with Gasteiger partial charge in [-0.05, 0) is 31.4 Å². The minimum Gasteiger partial charge on any atom is -0.481 e. The van der Waals surface area contributed by atoms with Crippen LogP contribution in [-0.2, 0) is 36.8 Å². The van der Waals surface area contributed by atoms with Crippen molar-refractivity contribution in [2.45, 2.75) is 62.7 Å². The first-order chi connectivity index (χ1) is 18.6. The van der Waals surface area contributed by atoms with Crippen molar-refractivity contribution in [3.05, 3.63) is 54.1 Å². The quantitative estimate of drug-likeness (QED) is 0.109. The van der Waals surface area contributed by atoms with Crippen LogP contribution in [0.1, 0.15) is 36.9 Å². The van der Waals surface area contributed by atoms with Crippen LogP contribution in [-0.4, -0.2) is 80.6 Å². The van der Waals surface area contributed by atoms with Gasteiger partial charge in [0.25, 0.3) is 0 Å². The lowest BCUT2D eigenvalue weighted by Crippen LogP contribution is -2.58. The third-order valence-corrected chi connectivity index (χ3v) is 5.82. The van der Waals surface area contributed by atoms with Crippen LogP contribution in [0.15, 0.2) is 42.9 Å². The van der Waals surface area contributed by atoms with Crippen molar-refractivity contribution in [1.82, 2.24) is 25.9 Å². The number of aromatic nitrogens is 2. The van der Waals surface area contributed by atoms with Gasteiger partial charge in [-0.1, -0.05) is 30.3 Å². The third kappa shape index (κ3) is 10.9. The summed E-state index contributed by atoms with van der Waals surface area (Å²) in [6.07, 6.45) is 3.44. The van der Waals surface area contributed by atoms with E-state index in [-0.39, 0.29) is 19.3 Å². The maximum absolute atomic E-state index is 13.4. The highest BCUT2D eigenvalue weighted by Crippen LogP contribution is 2.08. The number of nitrogens with one attached hydrogen (secondary N) is 4. The fourth-order valence-electron chi connectivity index (χ4n) is 3.74. The lowest BCUT2D eigenvalue weighted by Gasteiger charge is -2.25. The maximum atomic E-state index is 13.4. The van der Waals surface area contributed by atoms with Gasteiger partial charge >= 0.3 is 11.9 Å². The number of hydrogen-bond donors (Lipinski definition) is 8. The predicted molar refractivity (Wildman–Crippen MR) is 139 cm³/mol. The molecule has 0 aliphatic rings. The Hall–Kier alpha value is -4.30. The number of H-pyrrole nitrogens is 1. The van der Waals surface area contributed by atoms with Crippen molar-refractivity contribution in [2.75, 3.05) is 6.54 Å². The van der Waals surface area contributed by atoms with Gasteiger partial charge in [0.1, 0.15) is 18.1 Å². The van der Waals surface area contributed by atoms with E-state index in [9.17, 15) is 29.1 Å². The fourth-order valence-corrected chi connectivity index (χ4v) is 3.74. The molecule has 2 rings (SSSR count). The van der Waals surface area contributed by atoms with Gasteiger partial charge in [0.15, 0.2) is 0 Å². The molecule has 1 aromatic heterocycles. The van der Waals surface area contributed by atoms with Gasteiger partial charge in [0.05, 0.1) is 18.8 Å². The smallest absolute Gasteiger partial charge is 0.326 e. The zero-order valence-corrected chi connectivity index (χ0v) is 21.3. The molecule has 2 aromatic rings. The van der Waals surface area contributed by atoms with E-state index in [1.54, 1.807) is 30.3 Å². The summed E-state index contributed by atoms with van der Waals surface area (Å²) in [6.45, 7) is 0.333. The highest BCUT2D eigenvalue weighted by molar-refractivity contribution is 5.94. The molecule has 14 heteroatoms. The van der Waals surface area contributed by atoms with Crippen molar-refractivity contribution in [3.8, 4) is 0 Å². The monoisotopic (exact) mass is 545 g/mol. The first kappa shape index (κ1) is 30.9. The van der Waals surface area contributed by atoms with Gasteiger partial charge in [-0.2, -0.15) is 0 Å². The van der Waals surface area contributed by atoms with Crippen LogP contribution in [0.2, 0.25) is 0 Å². The summed E-state index contributed by atoms with van der Waals surface area (Å²) >= 11 is 0. The molecule has 1 aromatic carbocycles. The van der Waals surface area contributed by atoms with Crippen LogP contribution in [0.25, 0.3) is 0 Å². The fraction of sp³-hybridized carbons (Fsp3) is 0.440. The van der Waals surface area contributed by atoms with Gasteiger partial charge in [-0.3, -0.25) is 19.2 Å². The van der Waals surface area contributed by atoms with E-state index in [0.29, 0.717) is 25.1 Å². The lowest BCUT2D eigenvalue weighted by molar-refractivity contribution is -0.147. The van der Waals surface area contributed by atoms with Crippen molar-refractivity contribution >= 4 is 29.7 Å². The second-order valence-electron chi connectivity index (χ2n) is 8.98. The number of hydrogen-bond acceptors (Lipinski definition) is 8. The van der Waals surface area contributed by atoms with E-state index in [2.05, 4.69) is 25.9 Å². The van der Waals surface area contributed by atoms with E-state index in [1.807, 2.05) is 0 Å². The first-order valence-electron chi connectivity index (χ1n) is 12.4. The highest BCUT2D eigenvalue weighted by Gasteiger charge is 2.31. The molecule has 3 amide bonds. The normalized spacial score (nSPS) is 13.9. The Morgan fingerprint density at radius 1 is 0.872 bits per heavy atom. The molecular formula is C25H35N7O7. The molecule has 0 aliphatic heterocycles. The molecule has 0 spiro atoms. The minimum atomic E-state index is -1.69. The van der Waals surface area contributed by atoms with E-state index < -0.39 is 60.2 Å². The van der Waals surface area contributed by atoms with Crippen LogP contribution >= 0.6 is 0 Å². The molecule has 4 atom stereocenters. The topological polar surface area (TPSA) is 243 Å². The summed E-state index contributed by atoms with van der Waals surface area (Å²) in [5.74, 6) is -5.10. The predicted octanol–water partition coefficient (Wildman–Crippen LogP) is -1.34. The van der Waals surface area contributed by atoms with Crippen molar-refractivity contribution in [3.63, 3.8) is 0 Å². The second-order valence-corrected chi connectivity index (χ2v) is 8.98. The molecule has 0 saturated carbocycles. The van der Waals surface area contributed by atoms with Gasteiger partial charge in [0, 0.05) is 24.7 Å². The Labute approximate surface area is 224 Å². The number of aliphatic carboxylic acids is 2. The molecule has 4 unspecified atom stereocenters. The van der Waals surface area contributed by atoms with Crippen molar-refractivity contribution < 1.29 is 34.2 Å². The van der Waals surface area contributed by atoms with E-state index in [0.717, 1.165) is 5.56 Å².